The van der Waals surface area contributed by atoms with Gasteiger partial charge in [-0.3, -0.25) is 0 Å². The molecule has 1 aromatic rings. The van der Waals surface area contributed by atoms with Crippen LogP contribution in [-0.4, -0.2) is 5.78 Å². The summed E-state index contributed by atoms with van der Waals surface area (Å²) in [6.45, 7) is 8.87. The number of carbonyl (C=O) groups is 1. The Balaban J connectivity index is 0.000000715. The number of unbranched alkanes of at least 4 members (excludes halogenated alkanes) is 1. The fraction of sp³-hybridized carbons (Fsp3) is 0.474. The van der Waals surface area contributed by atoms with Gasteiger partial charge in [0, 0.05) is 25.6 Å². The molecule has 21 heavy (non-hydrogen) atoms. The second kappa shape index (κ2) is 12.0. The predicted molar refractivity (Wildman–Crippen MR) is 86.5 cm³/mol. The Morgan fingerprint density at radius 1 is 1.10 bits per heavy atom. The average molecular weight is 462 g/mol. The average Bonchev–Trinajstić information content (AvgIpc) is 2.55. The van der Waals surface area contributed by atoms with E-state index in [0.717, 1.165) is 24.3 Å². The SMILES string of the molecule is C[CH-]C(=O)c1ccc(C2CCCCC2)cc1.[CH2-]CC[CH2-].[Os]. The molecule has 1 aliphatic carbocycles. The summed E-state index contributed by atoms with van der Waals surface area (Å²) in [6.07, 6.45) is 10.3. The molecule has 2 rings (SSSR count). The fourth-order valence-electron chi connectivity index (χ4n) is 2.52. The Hall–Kier alpha value is -0.604. The predicted octanol–water partition coefficient (Wildman–Crippen LogP) is 5.57. The first kappa shape index (κ1) is 20.4. The molecular weight excluding hydrogens is 434 g/mol. The van der Waals surface area contributed by atoms with Gasteiger partial charge in [-0.2, -0.15) is 6.42 Å². The van der Waals surface area contributed by atoms with Crippen LogP contribution < -0.4 is 0 Å². The van der Waals surface area contributed by atoms with E-state index >= 15 is 0 Å². The summed E-state index contributed by atoms with van der Waals surface area (Å²) in [6, 6.07) is 8.19. The molecule has 0 amide bonds. The molecule has 1 saturated carbocycles. The smallest absolute Gasteiger partial charge is 0.0243 e. The number of ketones is 1. The molecule has 0 unspecified atom stereocenters. The molecule has 0 heterocycles. The molecule has 2 heteroatoms. The van der Waals surface area contributed by atoms with Gasteiger partial charge in [0.1, 0.15) is 0 Å². The second-order valence-corrected chi connectivity index (χ2v) is 5.32. The number of benzene rings is 1. The number of hydrogen-bond acceptors (Lipinski definition) is 1. The molecule has 0 saturated heterocycles. The van der Waals surface area contributed by atoms with Crippen LogP contribution in [0.1, 0.15) is 73.7 Å². The molecule has 0 atom stereocenters. The molecule has 1 aromatic carbocycles. The van der Waals surface area contributed by atoms with Crippen molar-refractivity contribution >= 4 is 5.78 Å². The van der Waals surface area contributed by atoms with Crippen molar-refractivity contribution in [2.75, 3.05) is 0 Å². The topological polar surface area (TPSA) is 17.1 Å². The summed E-state index contributed by atoms with van der Waals surface area (Å²) in [4.78, 5) is 11.4. The Morgan fingerprint density at radius 2 is 1.62 bits per heavy atom. The largest absolute Gasteiger partial charge is 0.346 e. The third kappa shape index (κ3) is 7.28. The van der Waals surface area contributed by atoms with Crippen molar-refractivity contribution in [3.05, 3.63) is 55.7 Å². The number of rotatable bonds is 4. The normalized spacial score (nSPS) is 14.4. The maximum atomic E-state index is 11.4. The van der Waals surface area contributed by atoms with Crippen LogP contribution in [-0.2, 0) is 19.8 Å². The zero-order valence-electron chi connectivity index (χ0n) is 13.1. The zero-order valence-corrected chi connectivity index (χ0v) is 15.6. The van der Waals surface area contributed by atoms with Gasteiger partial charge in [-0.15, -0.1) is 24.6 Å². The maximum Gasteiger partial charge on any atom is 0.0243 e. The fourth-order valence-corrected chi connectivity index (χ4v) is 2.52. The summed E-state index contributed by atoms with van der Waals surface area (Å²) in [5.74, 6) is 0.846. The molecule has 1 aliphatic rings. The number of Topliss-reactive ketones (excluding diaryl/α,β-unsaturated/α-hetero) is 1. The van der Waals surface area contributed by atoms with Crippen molar-refractivity contribution in [2.45, 2.75) is 57.8 Å². The third-order valence-electron chi connectivity index (χ3n) is 3.78. The minimum Gasteiger partial charge on any atom is -0.346 e. The Kier molecular flexibility index (Phi) is 11.6. The molecule has 0 spiro atoms. The van der Waals surface area contributed by atoms with Crippen molar-refractivity contribution in [2.24, 2.45) is 0 Å². The molecular formula is C19H27OOs-3. The van der Waals surface area contributed by atoms with Gasteiger partial charge in [-0.1, -0.05) is 31.4 Å². The van der Waals surface area contributed by atoms with Crippen LogP contribution in [0.2, 0.25) is 0 Å². The first-order valence-corrected chi connectivity index (χ1v) is 7.75. The van der Waals surface area contributed by atoms with Gasteiger partial charge in [0.25, 0.3) is 0 Å². The quantitative estimate of drug-likeness (QED) is 0.423. The summed E-state index contributed by atoms with van der Waals surface area (Å²) in [5, 5.41) is 0. The molecule has 1 nitrogen and oxygen atoms in total. The molecule has 0 bridgehead atoms. The summed E-state index contributed by atoms with van der Waals surface area (Å²) in [7, 11) is 0. The van der Waals surface area contributed by atoms with E-state index < -0.39 is 0 Å². The van der Waals surface area contributed by atoms with Gasteiger partial charge in [0.15, 0.2) is 0 Å². The zero-order chi connectivity index (χ0) is 14.8. The van der Waals surface area contributed by atoms with Gasteiger partial charge < -0.3 is 18.6 Å². The van der Waals surface area contributed by atoms with E-state index in [9.17, 15) is 4.79 Å². The Labute approximate surface area is 144 Å². The van der Waals surface area contributed by atoms with Crippen molar-refractivity contribution < 1.29 is 24.6 Å². The van der Waals surface area contributed by atoms with Crippen molar-refractivity contribution in [1.82, 2.24) is 0 Å². The van der Waals surface area contributed by atoms with Gasteiger partial charge in [0.05, 0.1) is 0 Å². The Bertz CT molecular complexity index is 375. The molecule has 120 valence electrons. The van der Waals surface area contributed by atoms with E-state index in [1.165, 1.54) is 37.7 Å². The molecule has 0 aliphatic heterocycles. The Morgan fingerprint density at radius 3 is 2.05 bits per heavy atom. The molecule has 0 aromatic heterocycles. The standard InChI is InChI=1S/C15H19O.C4H8.Os/c1-2-15(16)14-10-8-13(9-11-14)12-6-4-3-5-7-12;1-3-4-2;/h2,8-12H,3-7H2,1H3;1-4H2;/q-1;-2;. The van der Waals surface area contributed by atoms with Gasteiger partial charge in [-0.05, 0) is 24.3 Å². The van der Waals surface area contributed by atoms with E-state index in [-0.39, 0.29) is 25.6 Å². The van der Waals surface area contributed by atoms with Crippen LogP contribution in [0.15, 0.2) is 24.3 Å². The van der Waals surface area contributed by atoms with Crippen molar-refractivity contribution in [3.63, 3.8) is 0 Å². The van der Waals surface area contributed by atoms with E-state index in [1.807, 2.05) is 12.1 Å². The minimum atomic E-state index is 0. The van der Waals surface area contributed by atoms with Gasteiger partial charge >= 0.3 is 0 Å². The van der Waals surface area contributed by atoms with Crippen LogP contribution in [0, 0.1) is 20.3 Å². The molecule has 0 N–H and O–H groups in total. The van der Waals surface area contributed by atoms with Crippen LogP contribution >= 0.6 is 0 Å². The summed E-state index contributed by atoms with van der Waals surface area (Å²) < 4.78 is 0. The van der Waals surface area contributed by atoms with Crippen LogP contribution in [0.4, 0.5) is 0 Å². The first-order valence-electron chi connectivity index (χ1n) is 7.75. The van der Waals surface area contributed by atoms with Crippen LogP contribution in [0.3, 0.4) is 0 Å². The first-order chi connectivity index (χ1) is 9.72. The van der Waals surface area contributed by atoms with E-state index in [4.69, 9.17) is 0 Å². The van der Waals surface area contributed by atoms with Crippen molar-refractivity contribution in [3.8, 4) is 0 Å². The van der Waals surface area contributed by atoms with E-state index in [1.54, 1.807) is 13.3 Å². The number of hydrogen-bond donors (Lipinski definition) is 0. The monoisotopic (exact) mass is 463 g/mol. The van der Waals surface area contributed by atoms with Gasteiger partial charge in [0.2, 0.25) is 0 Å². The summed E-state index contributed by atoms with van der Waals surface area (Å²) >= 11 is 0. The summed E-state index contributed by atoms with van der Waals surface area (Å²) in [5.41, 5.74) is 2.22. The van der Waals surface area contributed by atoms with Crippen LogP contribution in [0.25, 0.3) is 0 Å². The molecule has 1 fully saturated rings. The maximum absolute atomic E-state index is 11.4. The van der Waals surface area contributed by atoms with Gasteiger partial charge in [-0.25, -0.2) is 12.8 Å². The number of carbonyl (C=O) groups excluding carboxylic acids is 1. The second-order valence-electron chi connectivity index (χ2n) is 5.32. The van der Waals surface area contributed by atoms with Crippen LogP contribution in [0.5, 0.6) is 0 Å². The van der Waals surface area contributed by atoms with E-state index in [0.29, 0.717) is 0 Å². The minimum absolute atomic E-state index is 0. The van der Waals surface area contributed by atoms with E-state index in [2.05, 4.69) is 26.0 Å². The molecule has 0 radical (unpaired) electrons. The van der Waals surface area contributed by atoms with Crippen molar-refractivity contribution in [1.29, 1.82) is 0 Å². The third-order valence-corrected chi connectivity index (χ3v) is 3.78.